The topological polar surface area (TPSA) is 63.7 Å². The summed E-state index contributed by atoms with van der Waals surface area (Å²) in [6.07, 6.45) is 2.97. The Morgan fingerprint density at radius 1 is 1.50 bits per heavy atom. The smallest absolute Gasteiger partial charge is 0.309 e. The Morgan fingerprint density at radius 2 is 2.06 bits per heavy atom. The first-order valence-corrected chi connectivity index (χ1v) is 7.34. The molecular formula is C10H19NO4S. The normalized spacial score (nSPS) is 18.5. The van der Waals surface area contributed by atoms with Gasteiger partial charge in [-0.1, -0.05) is 6.92 Å². The maximum Gasteiger partial charge on any atom is 0.309 e. The lowest BCUT2D eigenvalue weighted by Crippen LogP contribution is -2.38. The molecule has 94 valence electrons. The molecule has 1 rings (SSSR count). The van der Waals surface area contributed by atoms with E-state index in [0.717, 1.165) is 12.8 Å². The predicted molar refractivity (Wildman–Crippen MR) is 60.4 cm³/mol. The molecule has 1 atom stereocenters. The fourth-order valence-corrected chi connectivity index (χ4v) is 2.79. The molecule has 5 nitrogen and oxygen atoms in total. The second kappa shape index (κ2) is 5.14. The van der Waals surface area contributed by atoms with E-state index in [2.05, 4.69) is 0 Å². The molecule has 0 heterocycles. The van der Waals surface area contributed by atoms with Crippen LogP contribution in [0.25, 0.3) is 0 Å². The minimum atomic E-state index is -3.22. The van der Waals surface area contributed by atoms with Crippen LogP contribution in [0.3, 0.4) is 0 Å². The maximum absolute atomic E-state index is 11.5. The maximum atomic E-state index is 11.5. The van der Waals surface area contributed by atoms with Crippen LogP contribution in [0, 0.1) is 5.92 Å². The average Bonchev–Trinajstić information content (AvgIpc) is 2.95. The van der Waals surface area contributed by atoms with Crippen molar-refractivity contribution in [3.8, 4) is 0 Å². The minimum absolute atomic E-state index is 0.0897. The number of sulfonamides is 1. The molecule has 0 amide bonds. The Morgan fingerprint density at radius 3 is 2.44 bits per heavy atom. The number of hydrogen-bond acceptors (Lipinski definition) is 4. The van der Waals surface area contributed by atoms with Crippen LogP contribution < -0.4 is 0 Å². The number of hydrogen-bond donors (Lipinski definition) is 0. The lowest BCUT2D eigenvalue weighted by Gasteiger charge is -2.22. The van der Waals surface area contributed by atoms with Gasteiger partial charge in [0, 0.05) is 12.6 Å². The first-order valence-electron chi connectivity index (χ1n) is 5.49. The van der Waals surface area contributed by atoms with Gasteiger partial charge in [-0.2, -0.15) is 4.31 Å². The van der Waals surface area contributed by atoms with Crippen molar-refractivity contribution in [2.75, 3.05) is 19.4 Å². The van der Waals surface area contributed by atoms with Crippen molar-refractivity contribution in [2.45, 2.75) is 32.7 Å². The molecule has 1 saturated carbocycles. The summed E-state index contributed by atoms with van der Waals surface area (Å²) >= 11 is 0. The number of nitrogens with zero attached hydrogens (tertiary/aromatic N) is 1. The average molecular weight is 249 g/mol. The first-order chi connectivity index (χ1) is 7.36. The first kappa shape index (κ1) is 13.4. The molecule has 16 heavy (non-hydrogen) atoms. The van der Waals surface area contributed by atoms with Crippen LogP contribution in [0.1, 0.15) is 26.7 Å². The quantitative estimate of drug-likeness (QED) is 0.647. The Hall–Kier alpha value is -0.620. The van der Waals surface area contributed by atoms with Crippen molar-refractivity contribution in [2.24, 2.45) is 5.92 Å². The van der Waals surface area contributed by atoms with Crippen LogP contribution in [0.4, 0.5) is 0 Å². The molecule has 0 aliphatic heterocycles. The van der Waals surface area contributed by atoms with E-state index in [-0.39, 0.29) is 18.6 Å². The Kier molecular flexibility index (Phi) is 4.32. The van der Waals surface area contributed by atoms with E-state index in [0.29, 0.717) is 6.61 Å². The molecule has 0 aromatic rings. The molecule has 1 fully saturated rings. The van der Waals surface area contributed by atoms with Crippen molar-refractivity contribution >= 4 is 16.0 Å². The molecule has 0 aromatic carbocycles. The summed E-state index contributed by atoms with van der Waals surface area (Å²) in [6, 6.07) is 0.0897. The number of esters is 1. The van der Waals surface area contributed by atoms with E-state index < -0.39 is 15.9 Å². The van der Waals surface area contributed by atoms with Gasteiger partial charge in [-0.3, -0.25) is 4.79 Å². The lowest BCUT2D eigenvalue weighted by atomic mass is 10.2. The second-order valence-corrected chi connectivity index (χ2v) is 6.15. The highest BCUT2D eigenvalue weighted by Gasteiger charge is 2.36. The summed E-state index contributed by atoms with van der Waals surface area (Å²) in [5.74, 6) is -0.743. The van der Waals surface area contributed by atoms with Crippen molar-refractivity contribution < 1.29 is 17.9 Å². The van der Waals surface area contributed by atoms with Crippen molar-refractivity contribution in [1.29, 1.82) is 0 Å². The van der Waals surface area contributed by atoms with Gasteiger partial charge in [-0.25, -0.2) is 8.42 Å². The van der Waals surface area contributed by atoms with Gasteiger partial charge >= 0.3 is 5.97 Å². The highest BCUT2D eigenvalue weighted by atomic mass is 32.2. The van der Waals surface area contributed by atoms with Gasteiger partial charge in [-0.05, 0) is 19.8 Å². The lowest BCUT2D eigenvalue weighted by molar-refractivity contribution is -0.147. The number of carbonyl (C=O) groups is 1. The van der Waals surface area contributed by atoms with E-state index in [4.69, 9.17) is 4.74 Å². The van der Waals surface area contributed by atoms with Gasteiger partial charge < -0.3 is 4.74 Å². The Balaban J connectivity index is 2.59. The highest BCUT2D eigenvalue weighted by molar-refractivity contribution is 7.88. The molecule has 1 aliphatic carbocycles. The van der Waals surface area contributed by atoms with Crippen molar-refractivity contribution in [1.82, 2.24) is 4.31 Å². The SMILES string of the molecule is CCOC(=O)C(C)CN(C1CC1)S(C)(=O)=O. The fraction of sp³-hybridized carbons (Fsp3) is 0.900. The fourth-order valence-electron chi connectivity index (χ4n) is 1.55. The van der Waals surface area contributed by atoms with E-state index in [9.17, 15) is 13.2 Å². The zero-order valence-corrected chi connectivity index (χ0v) is 10.8. The largest absolute Gasteiger partial charge is 0.466 e. The van der Waals surface area contributed by atoms with Crippen LogP contribution in [0.2, 0.25) is 0 Å². The van der Waals surface area contributed by atoms with Crippen LogP contribution in [-0.2, 0) is 19.6 Å². The Bertz CT molecular complexity index is 348. The van der Waals surface area contributed by atoms with E-state index in [1.165, 1.54) is 10.6 Å². The third kappa shape index (κ3) is 3.75. The summed E-state index contributed by atoms with van der Waals surface area (Å²) in [5, 5.41) is 0. The monoisotopic (exact) mass is 249 g/mol. The highest BCUT2D eigenvalue weighted by Crippen LogP contribution is 2.29. The molecule has 0 radical (unpaired) electrons. The van der Waals surface area contributed by atoms with Crippen LogP contribution in [0.15, 0.2) is 0 Å². The zero-order chi connectivity index (χ0) is 12.3. The van der Waals surface area contributed by atoms with E-state index >= 15 is 0 Å². The third-order valence-electron chi connectivity index (χ3n) is 2.52. The summed E-state index contributed by atoms with van der Waals surface area (Å²) < 4.78 is 29.3. The summed E-state index contributed by atoms with van der Waals surface area (Å²) in [7, 11) is -3.22. The molecule has 1 aliphatic rings. The van der Waals surface area contributed by atoms with Crippen LogP contribution in [0.5, 0.6) is 0 Å². The second-order valence-electron chi connectivity index (χ2n) is 4.22. The number of rotatable bonds is 6. The molecule has 0 spiro atoms. The predicted octanol–water partition coefficient (Wildman–Crippen LogP) is 0.610. The standard InChI is InChI=1S/C10H19NO4S/c1-4-15-10(12)8(2)7-11(9-5-6-9)16(3,13)14/h8-9H,4-7H2,1-3H3. The van der Waals surface area contributed by atoms with Crippen molar-refractivity contribution in [3.63, 3.8) is 0 Å². The summed E-state index contributed by atoms with van der Waals surface area (Å²) in [5.41, 5.74) is 0. The zero-order valence-electron chi connectivity index (χ0n) is 9.97. The van der Waals surface area contributed by atoms with Gasteiger partial charge in [0.1, 0.15) is 0 Å². The summed E-state index contributed by atoms with van der Waals surface area (Å²) in [4.78, 5) is 11.4. The number of ether oxygens (including phenoxy) is 1. The third-order valence-corrected chi connectivity index (χ3v) is 3.82. The van der Waals surface area contributed by atoms with Gasteiger partial charge in [0.05, 0.1) is 18.8 Å². The Labute approximate surface area is 96.8 Å². The molecule has 0 aromatic heterocycles. The number of carbonyl (C=O) groups excluding carboxylic acids is 1. The molecule has 0 N–H and O–H groups in total. The van der Waals surface area contributed by atoms with Crippen molar-refractivity contribution in [3.05, 3.63) is 0 Å². The minimum Gasteiger partial charge on any atom is -0.466 e. The van der Waals surface area contributed by atoms with Gasteiger partial charge in [-0.15, -0.1) is 0 Å². The van der Waals surface area contributed by atoms with Gasteiger partial charge in [0.25, 0.3) is 0 Å². The van der Waals surface area contributed by atoms with Gasteiger partial charge in [0.2, 0.25) is 10.0 Å². The van der Waals surface area contributed by atoms with E-state index in [1.807, 2.05) is 0 Å². The van der Waals surface area contributed by atoms with Crippen LogP contribution >= 0.6 is 0 Å². The van der Waals surface area contributed by atoms with E-state index in [1.54, 1.807) is 13.8 Å². The molecule has 0 bridgehead atoms. The summed E-state index contributed by atoms with van der Waals surface area (Å²) in [6.45, 7) is 3.98. The molecule has 6 heteroatoms. The van der Waals surface area contributed by atoms with Crippen LogP contribution in [-0.4, -0.2) is 44.1 Å². The van der Waals surface area contributed by atoms with Gasteiger partial charge in [0.15, 0.2) is 0 Å². The molecular weight excluding hydrogens is 230 g/mol. The molecule has 0 saturated heterocycles. The molecule has 1 unspecified atom stereocenters.